The molecular weight excluding hydrogens is 566 g/mol. The first-order valence-corrected chi connectivity index (χ1v) is 14.9. The summed E-state index contributed by atoms with van der Waals surface area (Å²) < 4.78 is 52.9. The van der Waals surface area contributed by atoms with Crippen molar-refractivity contribution in [3.63, 3.8) is 0 Å². The number of halogens is 2. The standard InChI is InChI=1S/C29H30F2N6O4S/c1-17-15-37(16-18(2)41-17)29-35-25(13-27(39)36(29)3)19-7-8-20-14-33-23(10-21(20)9-19)12-26(38)34-22-5-4-6-24(11-22)42(32,40)28(30)31/h4-11,13-14,17-18,28,32H,12,15-16H2,1-3H3,(H,34,38)/t17-,18+,42-/m1/s1. The van der Waals surface area contributed by atoms with Crippen molar-refractivity contribution in [2.75, 3.05) is 23.3 Å². The number of benzene rings is 2. The number of amides is 1. The maximum atomic E-state index is 13.0. The van der Waals surface area contributed by atoms with Crippen molar-refractivity contribution in [1.82, 2.24) is 14.5 Å². The van der Waals surface area contributed by atoms with Crippen LogP contribution in [-0.4, -0.2) is 55.7 Å². The van der Waals surface area contributed by atoms with Crippen molar-refractivity contribution in [2.24, 2.45) is 7.05 Å². The zero-order chi connectivity index (χ0) is 30.2. The molecule has 2 N–H and O–H groups in total. The molecule has 1 fully saturated rings. The van der Waals surface area contributed by atoms with E-state index in [1.54, 1.807) is 19.3 Å². The SMILES string of the molecule is C[C@@H]1CN(c2nc(-c3ccc4cnc(CC(=O)Nc5cccc([S@@](=N)(=O)C(F)F)c5)cc4c3)cc(=O)n2C)C[C@H](C)O1. The number of alkyl halides is 2. The molecule has 1 aliphatic heterocycles. The quantitative estimate of drug-likeness (QED) is 0.323. The van der Waals surface area contributed by atoms with Gasteiger partial charge in [0.15, 0.2) is 0 Å². The second kappa shape index (κ2) is 11.6. The molecule has 0 bridgehead atoms. The summed E-state index contributed by atoms with van der Waals surface area (Å²) >= 11 is 0. The molecule has 4 aromatic rings. The van der Waals surface area contributed by atoms with E-state index in [1.165, 1.54) is 28.8 Å². The maximum Gasteiger partial charge on any atom is 0.323 e. The predicted octanol–water partition coefficient (Wildman–Crippen LogP) is 4.42. The Morgan fingerprint density at radius 2 is 1.86 bits per heavy atom. The van der Waals surface area contributed by atoms with Gasteiger partial charge in [0, 0.05) is 49.0 Å². The van der Waals surface area contributed by atoms with E-state index in [0.717, 1.165) is 22.4 Å². The van der Waals surface area contributed by atoms with Crippen LogP contribution in [0.2, 0.25) is 0 Å². The fourth-order valence-corrected chi connectivity index (χ4v) is 5.77. The molecule has 1 amide bonds. The molecular formula is C29H30F2N6O4S. The summed E-state index contributed by atoms with van der Waals surface area (Å²) in [5.41, 5.74) is 1.67. The number of nitrogens with one attached hydrogen (secondary N) is 2. The zero-order valence-corrected chi connectivity index (χ0v) is 24.0. The van der Waals surface area contributed by atoms with E-state index >= 15 is 0 Å². The number of anilines is 2. The number of fused-ring (bicyclic) bond motifs is 1. The molecule has 13 heteroatoms. The molecule has 0 radical (unpaired) electrons. The third-order valence-electron chi connectivity index (χ3n) is 6.95. The van der Waals surface area contributed by atoms with Crippen LogP contribution in [0.15, 0.2) is 70.5 Å². The third kappa shape index (κ3) is 6.16. The fraction of sp³-hybridized carbons (Fsp3) is 0.310. The molecule has 0 saturated carbocycles. The Balaban J connectivity index is 1.38. The molecule has 3 heterocycles. The van der Waals surface area contributed by atoms with Crippen molar-refractivity contribution >= 4 is 38.0 Å². The lowest BCUT2D eigenvalue weighted by Crippen LogP contribution is -2.47. The number of rotatable bonds is 7. The Morgan fingerprint density at radius 3 is 2.57 bits per heavy atom. The number of carbonyl (C=O) groups is 1. The van der Waals surface area contributed by atoms with Crippen LogP contribution < -0.4 is 15.8 Å². The highest BCUT2D eigenvalue weighted by Crippen LogP contribution is 2.26. The first-order valence-electron chi connectivity index (χ1n) is 13.2. The predicted molar refractivity (Wildman–Crippen MR) is 156 cm³/mol. The van der Waals surface area contributed by atoms with Crippen molar-refractivity contribution in [3.05, 3.63) is 76.8 Å². The number of hydrogen-bond acceptors (Lipinski definition) is 8. The van der Waals surface area contributed by atoms with Crippen LogP contribution >= 0.6 is 0 Å². The van der Waals surface area contributed by atoms with Crippen LogP contribution in [0.3, 0.4) is 0 Å². The highest BCUT2D eigenvalue weighted by Gasteiger charge is 2.26. The minimum Gasteiger partial charge on any atom is -0.372 e. The highest BCUT2D eigenvalue weighted by atomic mass is 32.2. The lowest BCUT2D eigenvalue weighted by Gasteiger charge is -2.36. The van der Waals surface area contributed by atoms with Crippen molar-refractivity contribution in [2.45, 2.75) is 43.1 Å². The average molecular weight is 597 g/mol. The number of hydrogen-bond donors (Lipinski definition) is 2. The molecule has 2 aromatic carbocycles. The summed E-state index contributed by atoms with van der Waals surface area (Å²) in [6.45, 7) is 5.20. The van der Waals surface area contributed by atoms with Gasteiger partial charge in [-0.05, 0) is 49.6 Å². The Bertz CT molecular complexity index is 1820. The minimum atomic E-state index is -4.30. The lowest BCUT2D eigenvalue weighted by molar-refractivity contribution is -0.115. The molecule has 10 nitrogen and oxygen atoms in total. The Labute approximate surface area is 241 Å². The van der Waals surface area contributed by atoms with Gasteiger partial charge in [-0.3, -0.25) is 19.1 Å². The van der Waals surface area contributed by atoms with Gasteiger partial charge in [-0.2, -0.15) is 8.78 Å². The van der Waals surface area contributed by atoms with Crippen LogP contribution in [0.1, 0.15) is 19.5 Å². The van der Waals surface area contributed by atoms with Crippen molar-refractivity contribution in [3.8, 4) is 11.3 Å². The number of nitrogens with zero attached hydrogens (tertiary/aromatic N) is 4. The van der Waals surface area contributed by atoms with E-state index in [4.69, 9.17) is 14.5 Å². The lowest BCUT2D eigenvalue weighted by atomic mass is 10.0. The number of pyridine rings is 1. The van der Waals surface area contributed by atoms with E-state index in [1.807, 2.05) is 32.0 Å². The Morgan fingerprint density at radius 1 is 1.12 bits per heavy atom. The number of morpholine rings is 1. The molecule has 5 rings (SSSR count). The molecule has 1 aliphatic rings. The maximum absolute atomic E-state index is 13.0. The van der Waals surface area contributed by atoms with Crippen molar-refractivity contribution in [1.29, 1.82) is 4.78 Å². The fourth-order valence-electron chi connectivity index (χ4n) is 4.98. The highest BCUT2D eigenvalue weighted by molar-refractivity contribution is 7.92. The van der Waals surface area contributed by atoms with E-state index < -0.39 is 21.4 Å². The minimum absolute atomic E-state index is 0.00120. The summed E-state index contributed by atoms with van der Waals surface area (Å²) in [7, 11) is -2.60. The molecule has 220 valence electrons. The van der Waals surface area contributed by atoms with Crippen LogP contribution in [0.25, 0.3) is 22.0 Å². The van der Waals surface area contributed by atoms with E-state index in [0.29, 0.717) is 30.4 Å². The zero-order valence-electron chi connectivity index (χ0n) is 23.2. The number of ether oxygens (including phenoxy) is 1. The van der Waals surface area contributed by atoms with Gasteiger partial charge in [0.25, 0.3) is 5.56 Å². The number of carbonyl (C=O) groups excluding carboxylic acids is 1. The Hall–Kier alpha value is -4.23. The molecule has 0 spiro atoms. The van der Waals surface area contributed by atoms with Crippen LogP contribution in [-0.2, 0) is 32.7 Å². The van der Waals surface area contributed by atoms with E-state index in [9.17, 15) is 22.6 Å². The van der Waals surface area contributed by atoms with Gasteiger partial charge >= 0.3 is 5.76 Å². The topological polar surface area (TPSA) is 130 Å². The van der Waals surface area contributed by atoms with Crippen LogP contribution in [0.5, 0.6) is 0 Å². The largest absolute Gasteiger partial charge is 0.372 e. The molecule has 2 aromatic heterocycles. The normalized spacial score (nSPS) is 18.7. The summed E-state index contributed by atoms with van der Waals surface area (Å²) in [6.07, 6.45) is 1.52. The monoisotopic (exact) mass is 596 g/mol. The summed E-state index contributed by atoms with van der Waals surface area (Å²) in [6, 6.07) is 14.0. The van der Waals surface area contributed by atoms with Crippen LogP contribution in [0, 0.1) is 4.78 Å². The van der Waals surface area contributed by atoms with Gasteiger partial charge in [0.05, 0.1) is 34.9 Å². The molecule has 1 saturated heterocycles. The first-order chi connectivity index (χ1) is 19.9. The second-order valence-corrected chi connectivity index (χ2v) is 12.4. The summed E-state index contributed by atoms with van der Waals surface area (Å²) in [4.78, 5) is 36.5. The smallest absolute Gasteiger partial charge is 0.323 e. The van der Waals surface area contributed by atoms with Gasteiger partial charge in [-0.15, -0.1) is 0 Å². The number of aromatic nitrogens is 3. The summed E-state index contributed by atoms with van der Waals surface area (Å²) in [5.74, 6) is -3.25. The summed E-state index contributed by atoms with van der Waals surface area (Å²) in [5, 5.41) is 4.20. The van der Waals surface area contributed by atoms with Crippen LogP contribution in [0.4, 0.5) is 20.4 Å². The first kappa shape index (κ1) is 29.3. The third-order valence-corrected chi connectivity index (χ3v) is 8.40. The van der Waals surface area contributed by atoms with Gasteiger partial charge < -0.3 is 15.0 Å². The Kier molecular flexibility index (Phi) is 8.06. The van der Waals surface area contributed by atoms with Gasteiger partial charge in [0.2, 0.25) is 11.9 Å². The van der Waals surface area contributed by atoms with Gasteiger partial charge in [-0.1, -0.05) is 18.2 Å². The molecule has 0 unspecified atom stereocenters. The van der Waals surface area contributed by atoms with Crippen molar-refractivity contribution < 1.29 is 22.5 Å². The molecule has 0 aliphatic carbocycles. The van der Waals surface area contributed by atoms with E-state index in [2.05, 4.69) is 15.2 Å². The molecule has 3 atom stereocenters. The second-order valence-electron chi connectivity index (χ2n) is 10.4. The molecule has 42 heavy (non-hydrogen) atoms. The van der Waals surface area contributed by atoms with Gasteiger partial charge in [0.1, 0.15) is 9.73 Å². The van der Waals surface area contributed by atoms with E-state index in [-0.39, 0.29) is 34.8 Å². The average Bonchev–Trinajstić information content (AvgIpc) is 2.93. The van der Waals surface area contributed by atoms with Gasteiger partial charge in [-0.25, -0.2) is 14.0 Å².